The van der Waals surface area contributed by atoms with Crippen LogP contribution in [0.5, 0.6) is 11.6 Å². The third-order valence-corrected chi connectivity index (χ3v) is 4.76. The molecule has 2 aromatic carbocycles. The summed E-state index contributed by atoms with van der Waals surface area (Å²) in [4.78, 5) is 28.8. The van der Waals surface area contributed by atoms with Gasteiger partial charge in [0.25, 0.3) is 0 Å². The number of nitrogens with zero attached hydrogens (tertiary/aromatic N) is 1. The van der Waals surface area contributed by atoms with Gasteiger partial charge in [-0.1, -0.05) is 50.6 Å². The highest BCUT2D eigenvalue weighted by Gasteiger charge is 2.21. The van der Waals surface area contributed by atoms with Crippen LogP contribution in [0.25, 0.3) is 0 Å². The molecule has 1 heterocycles. The van der Waals surface area contributed by atoms with Gasteiger partial charge in [-0.15, -0.1) is 0 Å². The largest absolute Gasteiger partial charge is 0.464 e. The number of pyridine rings is 1. The molecule has 2 N–H and O–H groups in total. The number of hydrogen-bond acceptors (Lipinski definition) is 5. The van der Waals surface area contributed by atoms with Gasteiger partial charge in [-0.25, -0.2) is 14.6 Å². The minimum absolute atomic E-state index is 0.0550. The maximum atomic E-state index is 12.5. The number of ether oxygens (including phenoxy) is 2. The van der Waals surface area contributed by atoms with Crippen LogP contribution in [0.1, 0.15) is 36.8 Å². The minimum Gasteiger partial charge on any atom is -0.464 e. The van der Waals surface area contributed by atoms with Crippen molar-refractivity contribution >= 4 is 35.0 Å². The molecule has 32 heavy (non-hydrogen) atoms. The van der Waals surface area contributed by atoms with Crippen LogP contribution in [-0.4, -0.2) is 24.1 Å². The van der Waals surface area contributed by atoms with Gasteiger partial charge in [-0.05, 0) is 47.9 Å². The number of nitrogens with one attached hydrogen (secondary N) is 2. The first-order chi connectivity index (χ1) is 15.2. The molecule has 8 heteroatoms. The van der Waals surface area contributed by atoms with Crippen LogP contribution < -0.4 is 15.4 Å². The lowest BCUT2D eigenvalue weighted by atomic mass is 9.86. The molecule has 0 aliphatic carbocycles. The summed E-state index contributed by atoms with van der Waals surface area (Å²) in [7, 11) is 1.27. The Bertz CT molecular complexity index is 1120. The van der Waals surface area contributed by atoms with Gasteiger partial charge in [0.15, 0.2) is 5.69 Å². The smallest absolute Gasteiger partial charge is 0.356 e. The Morgan fingerprint density at radius 3 is 2.28 bits per heavy atom. The fourth-order valence-corrected chi connectivity index (χ4v) is 3.05. The Hall–Kier alpha value is -3.58. The van der Waals surface area contributed by atoms with E-state index in [4.69, 9.17) is 21.1 Å². The summed E-state index contributed by atoms with van der Waals surface area (Å²) < 4.78 is 10.9. The molecule has 0 aliphatic heterocycles. The van der Waals surface area contributed by atoms with Gasteiger partial charge in [0.05, 0.1) is 7.11 Å². The first kappa shape index (κ1) is 23.1. The van der Waals surface area contributed by atoms with E-state index < -0.39 is 12.0 Å². The normalized spacial score (nSPS) is 10.9. The number of halogens is 1. The number of aromatic nitrogens is 1. The second-order valence-electron chi connectivity index (χ2n) is 7.98. The lowest BCUT2D eigenvalue weighted by Crippen LogP contribution is -2.20. The van der Waals surface area contributed by atoms with E-state index in [0.29, 0.717) is 16.5 Å². The van der Waals surface area contributed by atoms with Gasteiger partial charge < -0.3 is 20.1 Å². The van der Waals surface area contributed by atoms with E-state index in [1.807, 2.05) is 24.3 Å². The number of carbonyl (C=O) groups excluding carboxylic acids is 2. The lowest BCUT2D eigenvalue weighted by molar-refractivity contribution is 0.0593. The molecule has 0 saturated heterocycles. The number of amides is 2. The van der Waals surface area contributed by atoms with Crippen molar-refractivity contribution in [1.82, 2.24) is 4.98 Å². The summed E-state index contributed by atoms with van der Waals surface area (Å²) in [6.07, 6.45) is 0. The van der Waals surface area contributed by atoms with Crippen LogP contribution in [0.15, 0.2) is 60.7 Å². The topological polar surface area (TPSA) is 89.5 Å². The number of carbonyl (C=O) groups is 2. The fraction of sp³-hybridized carbons (Fsp3) is 0.208. The van der Waals surface area contributed by atoms with Crippen LogP contribution in [0, 0.1) is 0 Å². The fourth-order valence-electron chi connectivity index (χ4n) is 2.93. The van der Waals surface area contributed by atoms with Crippen molar-refractivity contribution in [2.45, 2.75) is 26.2 Å². The highest BCUT2D eigenvalue weighted by Crippen LogP contribution is 2.36. The van der Waals surface area contributed by atoms with E-state index in [2.05, 4.69) is 36.4 Å². The third kappa shape index (κ3) is 5.76. The molecule has 0 unspecified atom stereocenters. The van der Waals surface area contributed by atoms with Crippen LogP contribution in [-0.2, 0) is 10.2 Å². The Labute approximate surface area is 191 Å². The molecule has 0 fully saturated rings. The molecule has 7 nitrogen and oxygen atoms in total. The highest BCUT2D eigenvalue weighted by atomic mass is 35.5. The molecule has 0 aliphatic rings. The highest BCUT2D eigenvalue weighted by molar-refractivity contribution is 6.30. The van der Waals surface area contributed by atoms with Crippen LogP contribution >= 0.6 is 11.6 Å². The Balaban J connectivity index is 1.92. The van der Waals surface area contributed by atoms with Gasteiger partial charge in [-0.2, -0.15) is 0 Å². The van der Waals surface area contributed by atoms with Crippen molar-refractivity contribution < 1.29 is 19.1 Å². The van der Waals surface area contributed by atoms with Gasteiger partial charge in [0.2, 0.25) is 5.88 Å². The molecule has 3 aromatic rings. The van der Waals surface area contributed by atoms with Crippen molar-refractivity contribution in [3.63, 3.8) is 0 Å². The molecule has 0 saturated carbocycles. The van der Waals surface area contributed by atoms with Crippen LogP contribution in [0.4, 0.5) is 16.2 Å². The quantitative estimate of drug-likeness (QED) is 0.445. The predicted molar refractivity (Wildman–Crippen MR) is 125 cm³/mol. The first-order valence-corrected chi connectivity index (χ1v) is 10.3. The van der Waals surface area contributed by atoms with Crippen molar-refractivity contribution in [2.24, 2.45) is 0 Å². The van der Waals surface area contributed by atoms with E-state index in [1.54, 1.807) is 24.3 Å². The summed E-state index contributed by atoms with van der Waals surface area (Å²) in [5.41, 5.74) is 1.65. The summed E-state index contributed by atoms with van der Waals surface area (Å²) >= 11 is 5.88. The van der Waals surface area contributed by atoms with Gasteiger partial charge in [0, 0.05) is 16.3 Å². The number of esters is 1. The summed E-state index contributed by atoms with van der Waals surface area (Å²) in [6.45, 7) is 6.19. The SMILES string of the molecule is COC(=O)c1ccc(NC(=O)Nc2ccc(Cl)cc2)c(Oc2ccccc2C(C)(C)C)n1. The van der Waals surface area contributed by atoms with Crippen LogP contribution in [0.2, 0.25) is 5.02 Å². The third-order valence-electron chi connectivity index (χ3n) is 4.51. The van der Waals surface area contributed by atoms with E-state index in [9.17, 15) is 9.59 Å². The summed E-state index contributed by atoms with van der Waals surface area (Å²) in [5.74, 6) is 0.0163. The zero-order valence-corrected chi connectivity index (χ0v) is 19.0. The van der Waals surface area contributed by atoms with Gasteiger partial charge >= 0.3 is 12.0 Å². The molecular formula is C24H24ClN3O4. The van der Waals surface area contributed by atoms with Crippen molar-refractivity contribution in [2.75, 3.05) is 17.7 Å². The molecule has 166 valence electrons. The molecule has 0 bridgehead atoms. The van der Waals surface area contributed by atoms with Gasteiger partial charge in [-0.3, -0.25) is 0 Å². The number of anilines is 2. The maximum absolute atomic E-state index is 12.5. The first-order valence-electron chi connectivity index (χ1n) is 9.87. The van der Waals surface area contributed by atoms with E-state index in [1.165, 1.54) is 19.2 Å². The predicted octanol–water partition coefficient (Wildman–Crippen LogP) is 6.26. The van der Waals surface area contributed by atoms with E-state index in [0.717, 1.165) is 5.56 Å². The van der Waals surface area contributed by atoms with E-state index in [-0.39, 0.29) is 22.7 Å². The molecule has 0 spiro atoms. The average molecular weight is 454 g/mol. The maximum Gasteiger partial charge on any atom is 0.356 e. The van der Waals surface area contributed by atoms with Crippen molar-refractivity contribution in [3.8, 4) is 11.6 Å². The van der Waals surface area contributed by atoms with E-state index >= 15 is 0 Å². The zero-order valence-electron chi connectivity index (χ0n) is 18.2. The number of rotatable bonds is 5. The molecule has 1 aromatic heterocycles. The zero-order chi connectivity index (χ0) is 23.3. The molecule has 2 amide bonds. The number of methoxy groups -OCH3 is 1. The summed E-state index contributed by atoms with van der Waals surface area (Å²) in [6, 6.07) is 16.7. The van der Waals surface area contributed by atoms with Crippen molar-refractivity contribution in [3.05, 3.63) is 76.9 Å². The van der Waals surface area contributed by atoms with Crippen LogP contribution in [0.3, 0.4) is 0 Å². The molecular weight excluding hydrogens is 430 g/mol. The number of hydrogen-bond donors (Lipinski definition) is 2. The van der Waals surface area contributed by atoms with Crippen molar-refractivity contribution in [1.29, 1.82) is 0 Å². The minimum atomic E-state index is -0.615. The molecule has 3 rings (SSSR count). The standard InChI is InChI=1S/C24H24ClN3O4/c1-24(2,3)17-7-5-6-8-20(17)32-21-18(13-14-19(27-21)22(29)31-4)28-23(30)26-16-11-9-15(25)10-12-16/h5-14H,1-4H3,(H2,26,28,30). The Kier molecular flexibility index (Phi) is 7.00. The Morgan fingerprint density at radius 2 is 1.62 bits per heavy atom. The second-order valence-corrected chi connectivity index (χ2v) is 8.41. The number of para-hydroxylation sites is 1. The molecule has 0 atom stereocenters. The Morgan fingerprint density at radius 1 is 0.938 bits per heavy atom. The second kappa shape index (κ2) is 9.70. The molecule has 0 radical (unpaired) electrons. The summed E-state index contributed by atoms with van der Waals surface area (Å²) in [5, 5.41) is 5.98. The number of benzene rings is 2. The monoisotopic (exact) mass is 453 g/mol. The van der Waals surface area contributed by atoms with Gasteiger partial charge in [0.1, 0.15) is 11.4 Å². The lowest BCUT2D eigenvalue weighted by Gasteiger charge is -2.23. The number of urea groups is 1. The average Bonchev–Trinajstić information content (AvgIpc) is 2.75.